The monoisotopic (exact) mass is 221 g/mol. The van der Waals surface area contributed by atoms with Gasteiger partial charge in [0, 0.05) is 25.9 Å². The maximum absolute atomic E-state index is 8.70. The normalized spacial score (nSPS) is 5.78. The molecule has 0 spiro atoms. The second-order valence-electron chi connectivity index (χ2n) is 0.505. The molecule has 0 atom stereocenters. The van der Waals surface area contributed by atoms with E-state index in [-0.39, 0.29) is 16.8 Å². The van der Waals surface area contributed by atoms with Crippen LogP contribution in [0.3, 0.4) is 0 Å². The van der Waals surface area contributed by atoms with E-state index < -0.39 is 16.5 Å². The first-order chi connectivity index (χ1) is 3.46. The first-order valence-electron chi connectivity index (χ1n) is 1.17. The first kappa shape index (κ1) is 16.3. The third kappa shape index (κ3) is 1230. The summed E-state index contributed by atoms with van der Waals surface area (Å²) in [5, 5.41) is 0. The van der Waals surface area contributed by atoms with Crippen LogP contribution in [-0.2, 0) is 25.9 Å². The Morgan fingerprint density at radius 1 is 0.778 bits per heavy atom. The molecule has 0 fully saturated rings. The zero-order chi connectivity index (χ0) is 7.15. The maximum atomic E-state index is 8.70. The van der Waals surface area contributed by atoms with Gasteiger partial charge in [-0.25, -0.2) is 0 Å². The van der Waals surface area contributed by atoms with Gasteiger partial charge in [0.1, 0.15) is 0 Å². The van der Waals surface area contributed by atoms with Crippen molar-refractivity contribution in [3.63, 3.8) is 0 Å². The molecule has 0 saturated carbocycles. The summed E-state index contributed by atoms with van der Waals surface area (Å²) in [7, 11) is -5.74. The van der Waals surface area contributed by atoms with Crippen molar-refractivity contribution in [1.82, 2.24) is 0 Å². The summed E-state index contributed by atoms with van der Waals surface area (Å²) < 4.78 is 17.4. The minimum absolute atomic E-state index is 0. The Balaban J connectivity index is -0.0000000720. The van der Waals surface area contributed by atoms with Gasteiger partial charge in [-0.05, 0) is 0 Å². The molecule has 0 heterocycles. The van der Waals surface area contributed by atoms with Gasteiger partial charge < -0.3 is 0 Å². The van der Waals surface area contributed by atoms with Crippen LogP contribution in [0.1, 0.15) is 0 Å². The van der Waals surface area contributed by atoms with Crippen LogP contribution in [0, 0.1) is 0 Å². The summed E-state index contributed by atoms with van der Waals surface area (Å²) >= 11 is 0. The van der Waals surface area contributed by atoms with Gasteiger partial charge in [0.05, 0.1) is 0 Å². The minimum Gasteiger partial charge on any atom is -0.134 e. The molecule has 0 aromatic carbocycles. The molecule has 0 bridgehead atoms. The van der Waals surface area contributed by atoms with Crippen LogP contribution in [0.5, 0.6) is 0 Å². The van der Waals surface area contributed by atoms with Crippen molar-refractivity contribution < 1.29 is 45.5 Å². The van der Waals surface area contributed by atoms with Crippen LogP contribution in [0.15, 0.2) is 0 Å². The van der Waals surface area contributed by atoms with Crippen LogP contribution in [0.4, 0.5) is 0 Å². The van der Waals surface area contributed by atoms with Crippen LogP contribution in [-0.4, -0.2) is 19.6 Å². The van der Waals surface area contributed by atoms with E-state index in [1.54, 1.807) is 0 Å². The zero-order valence-corrected chi connectivity index (χ0v) is 6.66. The quantitative estimate of drug-likeness (QED) is 0.400. The molecule has 6 nitrogen and oxygen atoms in total. The van der Waals surface area contributed by atoms with Crippen LogP contribution < -0.4 is 0 Å². The third-order valence-electron chi connectivity index (χ3n) is 0. The van der Waals surface area contributed by atoms with Crippen LogP contribution >= 0.6 is 16.5 Å². The summed E-state index contributed by atoms with van der Waals surface area (Å²) in [5.74, 6) is 0. The van der Waals surface area contributed by atoms with Crippen molar-refractivity contribution in [2.24, 2.45) is 0 Å². The van der Waals surface area contributed by atoms with Gasteiger partial charge in [-0.3, -0.25) is 0 Å². The van der Waals surface area contributed by atoms with Crippen molar-refractivity contribution >= 4 is 16.5 Å². The van der Waals surface area contributed by atoms with Gasteiger partial charge in [0.15, 0.2) is 0 Å². The summed E-state index contributed by atoms with van der Waals surface area (Å²) in [6.07, 6.45) is 0. The van der Waals surface area contributed by atoms with Crippen molar-refractivity contribution in [3.8, 4) is 0 Å². The molecule has 57 valence electrons. The standard InChI is InChI=1S/Co.2HO3P/c;2*1-4(2)3/h;2*(H-,1,2,3)/p+2. The van der Waals surface area contributed by atoms with E-state index in [4.69, 9.17) is 28.7 Å². The second kappa shape index (κ2) is 11.4. The molecule has 0 aliphatic carbocycles. The average Bonchev–Trinajstić information content (AvgIpc) is 1.25. The molecule has 0 saturated heterocycles. The van der Waals surface area contributed by atoms with Crippen molar-refractivity contribution in [2.75, 3.05) is 0 Å². The summed E-state index contributed by atoms with van der Waals surface area (Å²) in [6, 6.07) is 0. The fourth-order valence-electron chi connectivity index (χ4n) is 0. The summed E-state index contributed by atoms with van der Waals surface area (Å²) in [6.45, 7) is 0. The molecular weight excluding hydrogens is 217 g/mol. The van der Waals surface area contributed by atoms with Crippen molar-refractivity contribution in [3.05, 3.63) is 0 Å². The van der Waals surface area contributed by atoms with E-state index in [0.29, 0.717) is 0 Å². The first-order valence-corrected chi connectivity index (χ1v) is 3.50. The fraction of sp³-hybridized carbons (Fsp3) is 0. The topological polar surface area (TPSA) is 115 Å². The van der Waals surface area contributed by atoms with Gasteiger partial charge in [-0.1, -0.05) is 0 Å². The van der Waals surface area contributed by atoms with E-state index >= 15 is 0 Å². The fourth-order valence-corrected chi connectivity index (χ4v) is 0. The smallest absolute Gasteiger partial charge is 0.134 e. The van der Waals surface area contributed by atoms with Crippen molar-refractivity contribution in [1.29, 1.82) is 0 Å². The Hall–Kier alpha value is 0.546. The van der Waals surface area contributed by atoms with E-state index in [1.807, 2.05) is 0 Å². The molecule has 0 aromatic heterocycles. The Morgan fingerprint density at radius 2 is 0.778 bits per heavy atom. The Kier molecular flexibility index (Phi) is 20.5. The molecule has 1 radical (unpaired) electrons. The number of hydrogen-bond donors (Lipinski definition) is 4. The largest absolute Gasteiger partial charge is 0.692 e. The Bertz CT molecular complexity index is 69.1. The predicted octanol–water partition coefficient (Wildman–Crippen LogP) is -0.746. The van der Waals surface area contributed by atoms with Gasteiger partial charge >= 0.3 is 16.5 Å². The molecule has 0 aliphatic rings. The molecule has 0 aromatic rings. The summed E-state index contributed by atoms with van der Waals surface area (Å²) in [5.41, 5.74) is 0. The molecule has 0 unspecified atom stereocenters. The van der Waals surface area contributed by atoms with E-state index in [9.17, 15) is 0 Å². The molecule has 9 heavy (non-hydrogen) atoms. The van der Waals surface area contributed by atoms with E-state index in [0.717, 1.165) is 0 Å². The zero-order valence-electron chi connectivity index (χ0n) is 3.83. The predicted molar refractivity (Wildman–Crippen MR) is 24.1 cm³/mol. The molecule has 4 N–H and O–H groups in total. The molecule has 0 rings (SSSR count). The third-order valence-corrected chi connectivity index (χ3v) is 0. The number of rotatable bonds is 0. The van der Waals surface area contributed by atoms with Gasteiger partial charge in [0.2, 0.25) is 0 Å². The van der Waals surface area contributed by atoms with E-state index in [2.05, 4.69) is 0 Å². The average molecular weight is 221 g/mol. The van der Waals surface area contributed by atoms with Crippen LogP contribution in [0.25, 0.3) is 0 Å². The van der Waals surface area contributed by atoms with Crippen molar-refractivity contribution in [2.45, 2.75) is 0 Å². The Labute approximate surface area is 62.6 Å². The van der Waals surface area contributed by atoms with Gasteiger partial charge in [-0.15, -0.1) is 19.6 Å². The minimum atomic E-state index is -2.87. The second-order valence-corrected chi connectivity index (χ2v) is 1.52. The molecule has 0 amide bonds. The SMILES string of the molecule is O=[P+](O)O.O=[P+](O)O.[Co]. The van der Waals surface area contributed by atoms with Gasteiger partial charge in [-0.2, -0.15) is 0 Å². The maximum Gasteiger partial charge on any atom is 0.692 e. The Morgan fingerprint density at radius 3 is 0.778 bits per heavy atom. The van der Waals surface area contributed by atoms with E-state index in [1.165, 1.54) is 0 Å². The summed E-state index contributed by atoms with van der Waals surface area (Å²) in [4.78, 5) is 28.5. The number of hydrogen-bond acceptors (Lipinski definition) is 2. The molecule has 0 aliphatic heterocycles. The van der Waals surface area contributed by atoms with Gasteiger partial charge in [0.25, 0.3) is 0 Å². The molecular formula is H4CoO6P2+2. The van der Waals surface area contributed by atoms with Crippen LogP contribution in [0.2, 0.25) is 0 Å². The molecule has 9 heteroatoms.